The van der Waals surface area contributed by atoms with E-state index in [4.69, 9.17) is 10.5 Å². The van der Waals surface area contributed by atoms with E-state index in [1.165, 1.54) is 0 Å². The molecule has 10 nitrogen and oxygen atoms in total. The molecule has 0 heterocycles. The van der Waals surface area contributed by atoms with Gasteiger partial charge in [-0.3, -0.25) is 14.4 Å². The molecule has 10 heteroatoms. The Morgan fingerprint density at radius 3 is 2.28 bits per heavy atom. The number of amides is 4. The second-order valence-electron chi connectivity index (χ2n) is 9.47. The predicted octanol–water partition coefficient (Wildman–Crippen LogP) is 2.72. The number of aryl methyl sites for hydroxylation is 1. The zero-order chi connectivity index (χ0) is 27.3. The number of rotatable bonds is 13. The van der Waals surface area contributed by atoms with Gasteiger partial charge in [0.1, 0.15) is 24.2 Å². The first-order valence-electron chi connectivity index (χ1n) is 12.2. The van der Waals surface area contributed by atoms with Crippen molar-refractivity contribution in [2.45, 2.75) is 84.4 Å². The van der Waals surface area contributed by atoms with Gasteiger partial charge in [0.05, 0.1) is 6.07 Å². The second-order valence-corrected chi connectivity index (χ2v) is 9.47. The number of alkyl carbamates (subject to hydrolysis) is 1. The van der Waals surface area contributed by atoms with Crippen LogP contribution in [0.1, 0.15) is 77.5 Å². The van der Waals surface area contributed by atoms with Gasteiger partial charge in [-0.2, -0.15) is 5.26 Å². The van der Waals surface area contributed by atoms with E-state index < -0.39 is 48.0 Å². The molecule has 4 amide bonds. The number of benzene rings is 1. The van der Waals surface area contributed by atoms with Crippen molar-refractivity contribution in [1.82, 2.24) is 15.5 Å². The van der Waals surface area contributed by atoms with Crippen LogP contribution in [0.15, 0.2) is 24.3 Å². The molecule has 36 heavy (non-hydrogen) atoms. The van der Waals surface area contributed by atoms with Crippen LogP contribution in [0.4, 0.5) is 4.79 Å². The monoisotopic (exact) mass is 501 g/mol. The van der Waals surface area contributed by atoms with Gasteiger partial charge in [0.25, 0.3) is 0 Å². The lowest BCUT2D eigenvalue weighted by atomic mass is 9.99. The topological polar surface area (TPSA) is 155 Å². The average molecular weight is 502 g/mol. The van der Waals surface area contributed by atoms with Gasteiger partial charge in [-0.15, -0.1) is 0 Å². The van der Waals surface area contributed by atoms with Crippen molar-refractivity contribution in [3.63, 3.8) is 0 Å². The van der Waals surface area contributed by atoms with Crippen molar-refractivity contribution in [1.29, 1.82) is 5.26 Å². The van der Waals surface area contributed by atoms with Gasteiger partial charge in [-0.1, -0.05) is 44.5 Å². The summed E-state index contributed by atoms with van der Waals surface area (Å²) in [6, 6.07) is 6.82. The molecule has 0 bridgehead atoms. The lowest BCUT2D eigenvalue weighted by molar-refractivity contribution is -0.142. The van der Waals surface area contributed by atoms with Crippen LogP contribution in [0.3, 0.4) is 0 Å². The largest absolute Gasteiger partial charge is 0.444 e. The summed E-state index contributed by atoms with van der Waals surface area (Å²) in [5, 5.41) is 14.9. The van der Waals surface area contributed by atoms with Gasteiger partial charge in [-0.25, -0.2) is 4.79 Å². The molecule has 1 aromatic carbocycles. The number of unbranched alkanes of at least 4 members (excludes halogenated alkanes) is 1. The van der Waals surface area contributed by atoms with Gasteiger partial charge in [0.15, 0.2) is 0 Å². The minimum absolute atomic E-state index is 0.117. The minimum atomic E-state index is -1.23. The number of carbonyl (C=O) groups excluding carboxylic acids is 4. The fourth-order valence-electron chi connectivity index (χ4n) is 3.46. The van der Waals surface area contributed by atoms with Gasteiger partial charge >= 0.3 is 6.09 Å². The number of nitrogens with zero attached hydrogens (tertiary/aromatic N) is 2. The third-order valence-electron chi connectivity index (χ3n) is 5.29. The quantitative estimate of drug-likeness (QED) is 0.279. The van der Waals surface area contributed by atoms with E-state index in [2.05, 4.69) is 10.6 Å². The molecule has 0 aliphatic heterocycles. The first kappa shape index (κ1) is 30.4. The highest BCUT2D eigenvalue weighted by Gasteiger charge is 2.36. The molecule has 1 rings (SSSR count). The number of nitrogens with one attached hydrogen (secondary N) is 2. The number of nitriles is 1. The van der Waals surface area contributed by atoms with Crippen LogP contribution < -0.4 is 16.4 Å². The van der Waals surface area contributed by atoms with Crippen molar-refractivity contribution < 1.29 is 23.9 Å². The summed E-state index contributed by atoms with van der Waals surface area (Å²) < 4.78 is 5.27. The molecule has 1 aromatic rings. The van der Waals surface area contributed by atoms with Crippen LogP contribution in [-0.2, 0) is 25.5 Å². The number of ether oxygens (including phenoxy) is 1. The van der Waals surface area contributed by atoms with Gasteiger partial charge < -0.3 is 26.0 Å². The molecular formula is C26H39N5O5. The zero-order valence-electron chi connectivity index (χ0n) is 21.9. The van der Waals surface area contributed by atoms with Gasteiger partial charge in [0, 0.05) is 13.0 Å². The summed E-state index contributed by atoms with van der Waals surface area (Å²) in [6.07, 6.45) is 1.24. The lowest BCUT2D eigenvalue weighted by Crippen LogP contribution is -2.53. The zero-order valence-corrected chi connectivity index (χ0v) is 21.9. The highest BCUT2D eigenvalue weighted by Crippen LogP contribution is 2.24. The molecule has 0 spiro atoms. The number of hydrogen-bond acceptors (Lipinski definition) is 6. The summed E-state index contributed by atoms with van der Waals surface area (Å²) in [5.74, 6) is -1.80. The maximum Gasteiger partial charge on any atom is 0.408 e. The summed E-state index contributed by atoms with van der Waals surface area (Å²) in [7, 11) is 0. The fraction of sp³-hybridized carbons (Fsp3) is 0.577. The SMILES string of the molecule is CCCCNC(=O)C(c1ccc(CC)cc1)N(CC#N)C(=O)C(CCC(N)=O)NC(=O)OC(C)(C)C. The average Bonchev–Trinajstić information content (AvgIpc) is 2.80. The number of carbonyl (C=O) groups is 4. The molecule has 0 saturated carbocycles. The highest BCUT2D eigenvalue weighted by atomic mass is 16.6. The molecule has 0 aliphatic carbocycles. The summed E-state index contributed by atoms with van der Waals surface area (Å²) >= 11 is 0. The third-order valence-corrected chi connectivity index (χ3v) is 5.29. The number of hydrogen-bond donors (Lipinski definition) is 3. The van der Waals surface area contributed by atoms with Crippen molar-refractivity contribution >= 4 is 23.8 Å². The van der Waals surface area contributed by atoms with E-state index in [9.17, 15) is 24.4 Å². The van der Waals surface area contributed by atoms with E-state index in [-0.39, 0.29) is 12.8 Å². The summed E-state index contributed by atoms with van der Waals surface area (Å²) in [4.78, 5) is 52.0. The minimum Gasteiger partial charge on any atom is -0.444 e. The van der Waals surface area contributed by atoms with Crippen molar-refractivity contribution in [3.05, 3.63) is 35.4 Å². The molecule has 2 unspecified atom stereocenters. The van der Waals surface area contributed by atoms with Crippen molar-refractivity contribution in [2.24, 2.45) is 5.73 Å². The Morgan fingerprint density at radius 1 is 1.14 bits per heavy atom. The van der Waals surface area contributed by atoms with Crippen LogP contribution in [0.5, 0.6) is 0 Å². The highest BCUT2D eigenvalue weighted by molar-refractivity contribution is 5.92. The maximum absolute atomic E-state index is 13.7. The van der Waals surface area contributed by atoms with E-state index in [1.807, 2.05) is 32.0 Å². The fourth-order valence-corrected chi connectivity index (χ4v) is 3.46. The van der Waals surface area contributed by atoms with Crippen LogP contribution in [0, 0.1) is 11.3 Å². The van der Waals surface area contributed by atoms with E-state index in [0.29, 0.717) is 12.1 Å². The molecule has 0 saturated heterocycles. The number of primary amides is 1. The Hall–Kier alpha value is -3.61. The molecule has 4 N–H and O–H groups in total. The molecule has 2 atom stereocenters. The van der Waals surface area contributed by atoms with Crippen molar-refractivity contribution in [2.75, 3.05) is 13.1 Å². The molecule has 0 aliphatic rings. The third kappa shape index (κ3) is 10.3. The Morgan fingerprint density at radius 2 is 1.78 bits per heavy atom. The van der Waals surface area contributed by atoms with E-state index in [0.717, 1.165) is 29.7 Å². The number of nitrogens with two attached hydrogens (primary N) is 1. The van der Waals surface area contributed by atoms with E-state index in [1.54, 1.807) is 32.9 Å². The van der Waals surface area contributed by atoms with Crippen LogP contribution in [0.2, 0.25) is 0 Å². The lowest BCUT2D eigenvalue weighted by Gasteiger charge is -2.33. The Labute approximate surface area is 213 Å². The predicted molar refractivity (Wildman–Crippen MR) is 135 cm³/mol. The van der Waals surface area contributed by atoms with Gasteiger partial charge in [-0.05, 0) is 51.2 Å². The first-order chi connectivity index (χ1) is 16.9. The molecule has 198 valence electrons. The van der Waals surface area contributed by atoms with E-state index >= 15 is 0 Å². The normalized spacial score (nSPS) is 12.6. The second kappa shape index (κ2) is 14.7. The maximum atomic E-state index is 13.7. The Kier molecular flexibility index (Phi) is 12.4. The Balaban J connectivity index is 3.41. The molecule has 0 aromatic heterocycles. The Bertz CT molecular complexity index is 934. The first-order valence-corrected chi connectivity index (χ1v) is 12.2. The summed E-state index contributed by atoms with van der Waals surface area (Å²) in [6.45, 7) is 9.01. The smallest absolute Gasteiger partial charge is 0.408 e. The van der Waals surface area contributed by atoms with Crippen LogP contribution >= 0.6 is 0 Å². The van der Waals surface area contributed by atoms with Gasteiger partial charge in [0.2, 0.25) is 17.7 Å². The standard InChI is InChI=1S/C26H39N5O5/c1-6-8-16-29-23(33)22(19-11-9-18(7-2)10-12-19)31(17-15-27)24(34)20(13-14-21(28)32)30-25(35)36-26(3,4)5/h9-12,20,22H,6-8,13-14,16-17H2,1-5H3,(H2,28,32)(H,29,33)(H,30,35). The molecule has 0 radical (unpaired) electrons. The van der Waals surface area contributed by atoms with Crippen LogP contribution in [-0.4, -0.2) is 53.4 Å². The van der Waals surface area contributed by atoms with Crippen LogP contribution in [0.25, 0.3) is 0 Å². The summed E-state index contributed by atoms with van der Waals surface area (Å²) in [5.41, 5.74) is 6.03. The molecule has 0 fully saturated rings. The van der Waals surface area contributed by atoms with Crippen molar-refractivity contribution in [3.8, 4) is 6.07 Å². The molecular weight excluding hydrogens is 462 g/mol.